The topological polar surface area (TPSA) is 109 Å². The minimum Gasteiger partial charge on any atom is -0.497 e. The summed E-state index contributed by atoms with van der Waals surface area (Å²) >= 11 is 1.27. The van der Waals surface area contributed by atoms with Crippen molar-refractivity contribution in [1.82, 2.24) is 26.0 Å². The number of carbonyl (C=O) groups is 2. The van der Waals surface area contributed by atoms with Gasteiger partial charge in [-0.15, -0.1) is 11.3 Å². The molecule has 4 rings (SSSR count). The Hall–Kier alpha value is -3.98. The molecule has 0 fully saturated rings. The Bertz CT molecular complexity index is 1220. The van der Waals surface area contributed by atoms with Gasteiger partial charge in [0.25, 0.3) is 11.8 Å². The molecule has 31 heavy (non-hydrogen) atoms. The van der Waals surface area contributed by atoms with Crippen molar-refractivity contribution in [3.63, 3.8) is 0 Å². The van der Waals surface area contributed by atoms with Crippen LogP contribution in [-0.4, -0.2) is 34.1 Å². The lowest BCUT2D eigenvalue weighted by atomic mass is 10.1. The number of ether oxygens (including phenoxy) is 1. The molecule has 0 atom stereocenters. The van der Waals surface area contributed by atoms with Crippen molar-refractivity contribution in [3.05, 3.63) is 76.9 Å². The first kappa shape index (κ1) is 20.3. The van der Waals surface area contributed by atoms with Crippen molar-refractivity contribution >= 4 is 23.2 Å². The van der Waals surface area contributed by atoms with Crippen LogP contribution in [0.1, 0.15) is 25.9 Å². The first-order valence-electron chi connectivity index (χ1n) is 9.38. The van der Waals surface area contributed by atoms with Crippen LogP contribution >= 0.6 is 11.3 Å². The second-order valence-corrected chi connectivity index (χ2v) is 7.60. The van der Waals surface area contributed by atoms with E-state index in [0.717, 1.165) is 21.9 Å². The number of hydrogen-bond acceptors (Lipinski definition) is 6. The molecule has 0 spiro atoms. The Morgan fingerprint density at radius 2 is 1.68 bits per heavy atom. The number of hydrogen-bond donors (Lipinski definition) is 3. The van der Waals surface area contributed by atoms with Gasteiger partial charge >= 0.3 is 0 Å². The molecular weight excluding hydrogens is 414 g/mol. The van der Waals surface area contributed by atoms with Crippen LogP contribution in [-0.2, 0) is 0 Å². The second kappa shape index (κ2) is 8.80. The summed E-state index contributed by atoms with van der Waals surface area (Å²) in [4.78, 5) is 29.8. The predicted octanol–water partition coefficient (Wildman–Crippen LogP) is 3.59. The van der Waals surface area contributed by atoms with Crippen LogP contribution in [0.15, 0.2) is 60.7 Å². The maximum Gasteiger partial charge on any atom is 0.287 e. The fraction of sp³-hybridized carbons (Fsp3) is 0.0909. The van der Waals surface area contributed by atoms with Gasteiger partial charge < -0.3 is 4.74 Å². The number of amides is 2. The van der Waals surface area contributed by atoms with Gasteiger partial charge in [-0.2, -0.15) is 5.10 Å². The van der Waals surface area contributed by atoms with Crippen LogP contribution in [0.5, 0.6) is 5.75 Å². The van der Waals surface area contributed by atoms with Crippen molar-refractivity contribution in [2.24, 2.45) is 0 Å². The van der Waals surface area contributed by atoms with Gasteiger partial charge in [0.15, 0.2) is 0 Å². The summed E-state index contributed by atoms with van der Waals surface area (Å²) in [5.41, 5.74) is 8.02. The van der Waals surface area contributed by atoms with Crippen LogP contribution in [0.2, 0.25) is 0 Å². The highest BCUT2D eigenvalue weighted by Gasteiger charge is 2.18. The highest BCUT2D eigenvalue weighted by atomic mass is 32.1. The van der Waals surface area contributed by atoms with Gasteiger partial charge in [0.2, 0.25) is 0 Å². The van der Waals surface area contributed by atoms with Crippen molar-refractivity contribution < 1.29 is 14.3 Å². The van der Waals surface area contributed by atoms with E-state index in [1.54, 1.807) is 20.1 Å². The van der Waals surface area contributed by atoms with E-state index >= 15 is 0 Å². The number of aromatic nitrogens is 3. The normalized spacial score (nSPS) is 10.5. The highest BCUT2D eigenvalue weighted by molar-refractivity contribution is 7.17. The third-order valence-electron chi connectivity index (χ3n) is 4.52. The maximum atomic E-state index is 12.5. The van der Waals surface area contributed by atoms with E-state index in [1.807, 2.05) is 54.6 Å². The molecule has 0 unspecified atom stereocenters. The predicted molar refractivity (Wildman–Crippen MR) is 118 cm³/mol. The number of aromatic amines is 1. The fourth-order valence-electron chi connectivity index (χ4n) is 2.90. The molecule has 0 aliphatic heterocycles. The van der Waals surface area contributed by atoms with Crippen LogP contribution in [0.3, 0.4) is 0 Å². The zero-order valence-electron chi connectivity index (χ0n) is 16.8. The average molecular weight is 433 g/mol. The van der Waals surface area contributed by atoms with Gasteiger partial charge in [0, 0.05) is 11.1 Å². The number of nitrogens with one attached hydrogen (secondary N) is 3. The molecule has 0 saturated carbocycles. The second-order valence-electron chi connectivity index (χ2n) is 6.60. The summed E-state index contributed by atoms with van der Waals surface area (Å²) < 4.78 is 5.14. The SMILES string of the molecule is COc1ccc(-c2cc(C(=O)NNC(=O)c3sc(-c4ccccc4)nc3C)[nH]n2)cc1. The van der Waals surface area contributed by atoms with Crippen LogP contribution < -0.4 is 15.6 Å². The molecule has 8 nitrogen and oxygen atoms in total. The van der Waals surface area contributed by atoms with Gasteiger partial charge in [-0.25, -0.2) is 4.98 Å². The molecule has 2 heterocycles. The summed E-state index contributed by atoms with van der Waals surface area (Å²) in [5, 5.41) is 7.57. The molecular formula is C22H19N5O3S. The van der Waals surface area contributed by atoms with Crippen molar-refractivity contribution in [3.8, 4) is 27.6 Å². The number of hydrazine groups is 1. The van der Waals surface area contributed by atoms with Gasteiger partial charge in [-0.3, -0.25) is 25.5 Å². The number of methoxy groups -OCH3 is 1. The molecule has 2 aromatic heterocycles. The minimum atomic E-state index is -0.508. The molecule has 0 radical (unpaired) electrons. The first-order chi connectivity index (χ1) is 15.0. The summed E-state index contributed by atoms with van der Waals surface area (Å²) in [6.45, 7) is 1.76. The van der Waals surface area contributed by atoms with Crippen LogP contribution in [0, 0.1) is 6.92 Å². The monoisotopic (exact) mass is 433 g/mol. The van der Waals surface area contributed by atoms with Crippen LogP contribution in [0.4, 0.5) is 0 Å². The van der Waals surface area contributed by atoms with E-state index in [4.69, 9.17) is 4.74 Å². The standard InChI is InChI=1S/C22H19N5O3S/c1-13-19(31-22(23-13)15-6-4-3-5-7-15)21(29)27-26-20(28)18-12-17(24-25-18)14-8-10-16(30-2)11-9-14/h3-12H,1-2H3,(H,24,25)(H,26,28)(H,27,29). The zero-order valence-corrected chi connectivity index (χ0v) is 17.6. The molecule has 2 aromatic carbocycles. The lowest BCUT2D eigenvalue weighted by Crippen LogP contribution is -2.41. The number of rotatable bonds is 5. The Morgan fingerprint density at radius 3 is 2.39 bits per heavy atom. The van der Waals surface area contributed by atoms with Crippen molar-refractivity contribution in [2.45, 2.75) is 6.92 Å². The smallest absolute Gasteiger partial charge is 0.287 e. The average Bonchev–Trinajstić information content (AvgIpc) is 3.45. The van der Waals surface area contributed by atoms with E-state index in [2.05, 4.69) is 26.0 Å². The Labute approximate surface area is 182 Å². The molecule has 0 aliphatic carbocycles. The molecule has 0 aliphatic rings. The van der Waals surface area contributed by atoms with Crippen LogP contribution in [0.25, 0.3) is 21.8 Å². The minimum absolute atomic E-state index is 0.220. The Kier molecular flexibility index (Phi) is 5.76. The highest BCUT2D eigenvalue weighted by Crippen LogP contribution is 2.27. The summed E-state index contributed by atoms with van der Waals surface area (Å²) in [6, 6.07) is 18.5. The molecule has 0 saturated heterocycles. The molecule has 0 bridgehead atoms. The van der Waals surface area contributed by atoms with Crippen molar-refractivity contribution in [1.29, 1.82) is 0 Å². The van der Waals surface area contributed by atoms with E-state index in [9.17, 15) is 9.59 Å². The van der Waals surface area contributed by atoms with E-state index in [0.29, 0.717) is 16.3 Å². The number of nitrogens with zero attached hydrogens (tertiary/aromatic N) is 2. The summed E-state index contributed by atoms with van der Waals surface area (Å²) in [7, 11) is 1.59. The molecule has 2 amide bonds. The lowest BCUT2D eigenvalue weighted by Gasteiger charge is -2.04. The van der Waals surface area contributed by atoms with Gasteiger partial charge in [-0.05, 0) is 37.3 Å². The quantitative estimate of drug-likeness (QED) is 0.417. The zero-order chi connectivity index (χ0) is 21.8. The van der Waals surface area contributed by atoms with Gasteiger partial charge in [-0.1, -0.05) is 30.3 Å². The first-order valence-corrected chi connectivity index (χ1v) is 10.2. The number of carbonyl (C=O) groups excluding carboxylic acids is 2. The number of thiazole rings is 1. The molecule has 156 valence electrons. The van der Waals surface area contributed by atoms with E-state index < -0.39 is 11.8 Å². The third-order valence-corrected chi connectivity index (χ3v) is 5.73. The molecule has 4 aromatic rings. The largest absolute Gasteiger partial charge is 0.497 e. The maximum absolute atomic E-state index is 12.5. The number of aryl methyl sites for hydroxylation is 1. The Balaban J connectivity index is 1.40. The third kappa shape index (κ3) is 4.46. The molecule has 3 N–H and O–H groups in total. The number of H-pyrrole nitrogens is 1. The summed E-state index contributed by atoms with van der Waals surface area (Å²) in [6.07, 6.45) is 0. The van der Waals surface area contributed by atoms with E-state index in [1.165, 1.54) is 11.3 Å². The number of benzene rings is 2. The summed E-state index contributed by atoms with van der Waals surface area (Å²) in [5.74, 6) is -0.208. The molecule has 9 heteroatoms. The van der Waals surface area contributed by atoms with Crippen molar-refractivity contribution in [2.75, 3.05) is 7.11 Å². The van der Waals surface area contributed by atoms with E-state index in [-0.39, 0.29) is 5.69 Å². The van der Waals surface area contributed by atoms with Gasteiger partial charge in [0.1, 0.15) is 21.3 Å². The Morgan fingerprint density at radius 1 is 0.968 bits per heavy atom. The van der Waals surface area contributed by atoms with Gasteiger partial charge in [0.05, 0.1) is 18.5 Å². The lowest BCUT2D eigenvalue weighted by molar-refractivity contribution is 0.0845. The fourth-order valence-corrected chi connectivity index (χ4v) is 3.86.